The summed E-state index contributed by atoms with van der Waals surface area (Å²) in [5, 5.41) is 5.60. The number of rotatable bonds is 6. The first-order valence-corrected chi connectivity index (χ1v) is 9.52. The fraction of sp³-hybridized carbons (Fsp3) is 0.238. The van der Waals surface area contributed by atoms with Gasteiger partial charge in [-0.1, -0.05) is 44.2 Å². The standard InChI is InChI=1S/C21H20FNO3S/c1-13(2)19(23-20(24)16-8-3-5-9-17(16)22)21(25)26-11-14-12-27-18-10-6-4-7-15(14)18/h3-10,12-13,19H,11H2,1-2H3,(H,23,24)/t19-/m0/s1. The number of amides is 1. The van der Waals surface area contributed by atoms with Gasteiger partial charge in [0.15, 0.2) is 0 Å². The minimum atomic E-state index is -0.859. The van der Waals surface area contributed by atoms with E-state index in [0.29, 0.717) is 0 Å². The van der Waals surface area contributed by atoms with Crippen LogP contribution < -0.4 is 5.32 Å². The van der Waals surface area contributed by atoms with E-state index in [0.717, 1.165) is 15.6 Å². The molecule has 0 radical (unpaired) electrons. The van der Waals surface area contributed by atoms with Crippen molar-refractivity contribution in [1.29, 1.82) is 0 Å². The molecule has 1 atom stereocenters. The van der Waals surface area contributed by atoms with E-state index in [-0.39, 0.29) is 18.1 Å². The SMILES string of the molecule is CC(C)[C@H](NC(=O)c1ccccc1F)C(=O)OCc1csc2ccccc12. The lowest BCUT2D eigenvalue weighted by molar-refractivity contribution is -0.148. The summed E-state index contributed by atoms with van der Waals surface area (Å²) >= 11 is 1.59. The lowest BCUT2D eigenvalue weighted by Crippen LogP contribution is -2.45. The number of thiophene rings is 1. The Morgan fingerprint density at radius 2 is 1.81 bits per heavy atom. The van der Waals surface area contributed by atoms with Gasteiger partial charge >= 0.3 is 5.97 Å². The van der Waals surface area contributed by atoms with Crippen molar-refractivity contribution in [3.8, 4) is 0 Å². The number of esters is 1. The molecule has 1 heterocycles. The van der Waals surface area contributed by atoms with Gasteiger partial charge in [-0.3, -0.25) is 4.79 Å². The molecular weight excluding hydrogens is 365 g/mol. The molecule has 1 N–H and O–H groups in total. The van der Waals surface area contributed by atoms with Gasteiger partial charge in [0.1, 0.15) is 18.5 Å². The van der Waals surface area contributed by atoms with Crippen LogP contribution in [-0.4, -0.2) is 17.9 Å². The molecular formula is C21H20FNO3S. The van der Waals surface area contributed by atoms with E-state index in [1.165, 1.54) is 18.2 Å². The van der Waals surface area contributed by atoms with Crippen LogP contribution in [0.1, 0.15) is 29.8 Å². The van der Waals surface area contributed by atoms with Gasteiger partial charge in [-0.15, -0.1) is 11.3 Å². The van der Waals surface area contributed by atoms with Gasteiger partial charge in [-0.05, 0) is 34.9 Å². The Morgan fingerprint density at radius 3 is 2.56 bits per heavy atom. The predicted octanol–water partition coefficient (Wildman–Crippen LogP) is 4.54. The van der Waals surface area contributed by atoms with E-state index in [2.05, 4.69) is 5.32 Å². The first-order valence-electron chi connectivity index (χ1n) is 8.64. The summed E-state index contributed by atoms with van der Waals surface area (Å²) in [5.41, 5.74) is 0.826. The Balaban J connectivity index is 1.68. The topological polar surface area (TPSA) is 55.4 Å². The van der Waals surface area contributed by atoms with Crippen LogP contribution in [0.3, 0.4) is 0 Å². The number of fused-ring (bicyclic) bond motifs is 1. The first-order chi connectivity index (χ1) is 13.0. The monoisotopic (exact) mass is 385 g/mol. The maximum Gasteiger partial charge on any atom is 0.329 e. The minimum absolute atomic E-state index is 0.0974. The van der Waals surface area contributed by atoms with Crippen molar-refractivity contribution in [2.24, 2.45) is 5.92 Å². The Hall–Kier alpha value is -2.73. The third kappa shape index (κ3) is 4.34. The molecule has 2 aromatic carbocycles. The van der Waals surface area contributed by atoms with Gasteiger partial charge in [0.2, 0.25) is 0 Å². The summed E-state index contributed by atoms with van der Waals surface area (Å²) < 4.78 is 20.4. The van der Waals surface area contributed by atoms with Crippen molar-refractivity contribution in [3.05, 3.63) is 70.9 Å². The van der Waals surface area contributed by atoms with Crippen LogP contribution in [0.2, 0.25) is 0 Å². The van der Waals surface area contributed by atoms with Crippen LogP contribution >= 0.6 is 11.3 Å². The summed E-state index contributed by atoms with van der Waals surface area (Å²) in [7, 11) is 0. The molecule has 0 aliphatic carbocycles. The highest BCUT2D eigenvalue weighted by atomic mass is 32.1. The molecule has 0 aliphatic rings. The summed E-state index contributed by atoms with van der Waals surface area (Å²) in [6.07, 6.45) is 0. The van der Waals surface area contributed by atoms with Crippen LogP contribution in [0.25, 0.3) is 10.1 Å². The van der Waals surface area contributed by atoms with Crippen LogP contribution in [0, 0.1) is 11.7 Å². The highest BCUT2D eigenvalue weighted by Crippen LogP contribution is 2.26. The van der Waals surface area contributed by atoms with Crippen molar-refractivity contribution in [2.45, 2.75) is 26.5 Å². The molecule has 0 saturated heterocycles. The van der Waals surface area contributed by atoms with Gasteiger partial charge in [-0.2, -0.15) is 0 Å². The molecule has 3 aromatic rings. The number of benzene rings is 2. The van der Waals surface area contributed by atoms with E-state index in [1.54, 1.807) is 31.3 Å². The highest BCUT2D eigenvalue weighted by molar-refractivity contribution is 7.17. The van der Waals surface area contributed by atoms with Gasteiger partial charge in [0.05, 0.1) is 5.56 Å². The average molecular weight is 385 g/mol. The predicted molar refractivity (Wildman–Crippen MR) is 104 cm³/mol. The fourth-order valence-corrected chi connectivity index (χ4v) is 3.69. The number of nitrogens with one attached hydrogen (secondary N) is 1. The minimum Gasteiger partial charge on any atom is -0.459 e. The van der Waals surface area contributed by atoms with Crippen molar-refractivity contribution >= 4 is 33.3 Å². The number of hydrogen-bond acceptors (Lipinski definition) is 4. The largest absolute Gasteiger partial charge is 0.459 e. The second-order valence-corrected chi connectivity index (χ2v) is 7.45. The molecule has 1 amide bonds. The molecule has 140 valence electrons. The van der Waals surface area contributed by atoms with Crippen molar-refractivity contribution in [1.82, 2.24) is 5.32 Å². The second kappa shape index (κ2) is 8.31. The van der Waals surface area contributed by atoms with E-state index in [4.69, 9.17) is 4.74 Å². The normalized spacial score (nSPS) is 12.1. The van der Waals surface area contributed by atoms with Crippen molar-refractivity contribution < 1.29 is 18.7 Å². The van der Waals surface area contributed by atoms with Crippen LogP contribution in [0.5, 0.6) is 0 Å². The van der Waals surface area contributed by atoms with Gasteiger partial charge in [-0.25, -0.2) is 9.18 Å². The number of carbonyl (C=O) groups is 2. The summed E-state index contributed by atoms with van der Waals surface area (Å²) in [4.78, 5) is 24.9. The van der Waals surface area contributed by atoms with Gasteiger partial charge in [0, 0.05) is 10.3 Å². The number of hydrogen-bond donors (Lipinski definition) is 1. The summed E-state index contributed by atoms with van der Waals surface area (Å²) in [6, 6.07) is 12.7. The molecule has 0 spiro atoms. The summed E-state index contributed by atoms with van der Waals surface area (Å²) in [6.45, 7) is 3.72. The smallest absolute Gasteiger partial charge is 0.329 e. The lowest BCUT2D eigenvalue weighted by atomic mass is 10.0. The lowest BCUT2D eigenvalue weighted by Gasteiger charge is -2.21. The summed E-state index contributed by atoms with van der Waals surface area (Å²) in [5.74, 6) is -2.00. The average Bonchev–Trinajstić information content (AvgIpc) is 3.07. The van der Waals surface area contributed by atoms with Crippen LogP contribution in [-0.2, 0) is 16.1 Å². The molecule has 6 heteroatoms. The Labute approximate surface area is 161 Å². The van der Waals surface area contributed by atoms with E-state index in [1.807, 2.05) is 29.6 Å². The molecule has 4 nitrogen and oxygen atoms in total. The van der Waals surface area contributed by atoms with Crippen molar-refractivity contribution in [2.75, 3.05) is 0 Å². The molecule has 0 aliphatic heterocycles. The Bertz CT molecular complexity index is 967. The Morgan fingerprint density at radius 1 is 1.11 bits per heavy atom. The van der Waals surface area contributed by atoms with Crippen LogP contribution in [0.15, 0.2) is 53.9 Å². The van der Waals surface area contributed by atoms with Gasteiger partial charge in [0.25, 0.3) is 5.91 Å². The third-order valence-electron chi connectivity index (χ3n) is 4.26. The zero-order chi connectivity index (χ0) is 19.4. The molecule has 0 saturated carbocycles. The van der Waals surface area contributed by atoms with E-state index >= 15 is 0 Å². The van der Waals surface area contributed by atoms with Crippen LogP contribution in [0.4, 0.5) is 4.39 Å². The molecule has 27 heavy (non-hydrogen) atoms. The second-order valence-electron chi connectivity index (χ2n) is 6.54. The third-order valence-corrected chi connectivity index (χ3v) is 5.27. The van der Waals surface area contributed by atoms with E-state index < -0.39 is 23.7 Å². The zero-order valence-corrected chi connectivity index (χ0v) is 15.9. The number of halogens is 1. The number of carbonyl (C=O) groups excluding carboxylic acids is 2. The quantitative estimate of drug-likeness (QED) is 0.634. The molecule has 1 aromatic heterocycles. The van der Waals surface area contributed by atoms with Crippen molar-refractivity contribution in [3.63, 3.8) is 0 Å². The first kappa shape index (κ1) is 19.0. The molecule has 0 unspecified atom stereocenters. The van der Waals surface area contributed by atoms with Gasteiger partial charge < -0.3 is 10.1 Å². The maximum absolute atomic E-state index is 13.8. The van der Waals surface area contributed by atoms with E-state index in [9.17, 15) is 14.0 Å². The highest BCUT2D eigenvalue weighted by Gasteiger charge is 2.27. The molecule has 3 rings (SSSR count). The number of ether oxygens (including phenoxy) is 1. The molecule has 0 fully saturated rings. The maximum atomic E-state index is 13.8. The molecule has 0 bridgehead atoms. The zero-order valence-electron chi connectivity index (χ0n) is 15.1. The fourth-order valence-electron chi connectivity index (χ4n) is 2.75. The Kier molecular flexibility index (Phi) is 5.86.